The van der Waals surface area contributed by atoms with Crippen LogP contribution in [0.4, 0.5) is 8.78 Å². The van der Waals surface area contributed by atoms with E-state index in [1.54, 1.807) is 0 Å². The lowest BCUT2D eigenvalue weighted by Gasteiger charge is -2.09. The molecule has 0 unspecified atom stereocenters. The number of unbranched alkanes of at least 4 members (excludes halogenated alkanes) is 2. The average molecular weight is 227 g/mol. The number of hydrogen-bond acceptors (Lipinski definition) is 3. The Balaban J connectivity index is 3.40. The summed E-state index contributed by atoms with van der Waals surface area (Å²) in [6.45, 7) is 0.607. The van der Waals surface area contributed by atoms with Gasteiger partial charge in [0.1, 0.15) is 0 Å². The van der Waals surface area contributed by atoms with Gasteiger partial charge in [0.25, 0.3) is 0 Å². The van der Waals surface area contributed by atoms with Crippen molar-refractivity contribution in [1.82, 2.24) is 0 Å². The number of nitrogens with two attached hydrogens (primary N) is 1. The van der Waals surface area contributed by atoms with Crippen molar-refractivity contribution < 1.29 is 18.7 Å². The number of hydrogen-bond donors (Lipinski definition) is 2. The molecule has 14 heavy (non-hydrogen) atoms. The Morgan fingerprint density at radius 2 is 2.00 bits per heavy atom. The zero-order valence-corrected chi connectivity index (χ0v) is 8.66. The van der Waals surface area contributed by atoms with Gasteiger partial charge in [-0.15, -0.1) is 0 Å². The standard InChI is InChI=1S/C8H15F2NO2S/c9-8(10,7(12)13)6-14-5-3-1-2-4-11/h1-6,11H2,(H,12,13). The van der Waals surface area contributed by atoms with Crippen LogP contribution in [-0.2, 0) is 4.79 Å². The van der Waals surface area contributed by atoms with Crippen LogP contribution in [0.25, 0.3) is 0 Å². The number of carboxylic acid groups (broad SMARTS) is 1. The highest BCUT2D eigenvalue weighted by Gasteiger charge is 2.38. The first kappa shape index (κ1) is 13.6. The topological polar surface area (TPSA) is 63.3 Å². The summed E-state index contributed by atoms with van der Waals surface area (Å²) >= 11 is 0.967. The molecule has 0 heterocycles. The maximum atomic E-state index is 12.5. The molecule has 0 rings (SSSR count). The highest BCUT2D eigenvalue weighted by molar-refractivity contribution is 7.99. The maximum absolute atomic E-state index is 12.5. The molecule has 0 spiro atoms. The van der Waals surface area contributed by atoms with Crippen LogP contribution >= 0.6 is 11.8 Å². The monoisotopic (exact) mass is 227 g/mol. The Morgan fingerprint density at radius 1 is 1.36 bits per heavy atom. The van der Waals surface area contributed by atoms with Gasteiger partial charge in [-0.05, 0) is 25.1 Å². The number of carboxylic acids is 1. The van der Waals surface area contributed by atoms with Crippen LogP contribution < -0.4 is 5.73 Å². The van der Waals surface area contributed by atoms with Crippen LogP contribution in [-0.4, -0.2) is 35.0 Å². The molecule has 0 bridgehead atoms. The fraction of sp³-hybridized carbons (Fsp3) is 0.875. The van der Waals surface area contributed by atoms with Crippen LogP contribution in [0.3, 0.4) is 0 Å². The predicted octanol–water partition coefficient (Wildman–Crippen LogP) is 1.57. The van der Waals surface area contributed by atoms with Gasteiger partial charge in [-0.3, -0.25) is 0 Å². The summed E-state index contributed by atoms with van der Waals surface area (Å²) in [6, 6.07) is 0. The molecule has 0 saturated carbocycles. The Hall–Kier alpha value is -0.360. The molecule has 84 valence electrons. The second-order valence-electron chi connectivity index (χ2n) is 2.91. The molecule has 0 amide bonds. The van der Waals surface area contributed by atoms with E-state index >= 15 is 0 Å². The predicted molar refractivity (Wildman–Crippen MR) is 52.8 cm³/mol. The summed E-state index contributed by atoms with van der Waals surface area (Å²) in [7, 11) is 0. The number of thioether (sulfide) groups is 1. The van der Waals surface area contributed by atoms with E-state index in [2.05, 4.69) is 0 Å². The van der Waals surface area contributed by atoms with Crippen molar-refractivity contribution in [3.63, 3.8) is 0 Å². The summed E-state index contributed by atoms with van der Waals surface area (Å²) < 4.78 is 25.0. The molecule has 0 aromatic carbocycles. The van der Waals surface area contributed by atoms with E-state index in [0.29, 0.717) is 12.3 Å². The van der Waals surface area contributed by atoms with Crippen LogP contribution in [0.15, 0.2) is 0 Å². The molecule has 0 atom stereocenters. The lowest BCUT2D eigenvalue weighted by molar-refractivity contribution is -0.161. The summed E-state index contributed by atoms with van der Waals surface area (Å²) in [5.74, 6) is -5.74. The highest BCUT2D eigenvalue weighted by atomic mass is 32.2. The van der Waals surface area contributed by atoms with Crippen molar-refractivity contribution in [2.75, 3.05) is 18.1 Å². The van der Waals surface area contributed by atoms with E-state index in [1.165, 1.54) is 0 Å². The summed E-state index contributed by atoms with van der Waals surface area (Å²) in [4.78, 5) is 10.0. The Labute approximate surface area is 86.0 Å². The Bertz CT molecular complexity index is 179. The molecule has 0 fully saturated rings. The third-order valence-electron chi connectivity index (χ3n) is 1.59. The van der Waals surface area contributed by atoms with Crippen molar-refractivity contribution in [3.05, 3.63) is 0 Å². The molecule has 0 aromatic rings. The Kier molecular flexibility index (Phi) is 6.82. The van der Waals surface area contributed by atoms with Gasteiger partial charge in [0.2, 0.25) is 0 Å². The summed E-state index contributed by atoms with van der Waals surface area (Å²) in [5.41, 5.74) is 5.25. The largest absolute Gasteiger partial charge is 0.477 e. The van der Waals surface area contributed by atoms with E-state index in [4.69, 9.17) is 10.8 Å². The quantitative estimate of drug-likeness (QED) is 0.618. The number of carbonyl (C=O) groups is 1. The third kappa shape index (κ3) is 6.15. The maximum Gasteiger partial charge on any atom is 0.375 e. The lowest BCUT2D eigenvalue weighted by atomic mass is 10.2. The zero-order valence-electron chi connectivity index (χ0n) is 7.84. The van der Waals surface area contributed by atoms with Gasteiger partial charge in [-0.2, -0.15) is 20.5 Å². The number of halogens is 2. The van der Waals surface area contributed by atoms with Gasteiger partial charge in [0, 0.05) is 0 Å². The van der Waals surface area contributed by atoms with E-state index in [0.717, 1.165) is 31.0 Å². The molecule has 0 radical (unpaired) electrons. The van der Waals surface area contributed by atoms with E-state index < -0.39 is 17.6 Å². The first-order chi connectivity index (χ1) is 6.50. The van der Waals surface area contributed by atoms with Crippen LogP contribution in [0.1, 0.15) is 19.3 Å². The van der Waals surface area contributed by atoms with Gasteiger partial charge >= 0.3 is 11.9 Å². The molecular weight excluding hydrogens is 212 g/mol. The van der Waals surface area contributed by atoms with Gasteiger partial charge in [0.15, 0.2) is 0 Å². The molecule has 3 N–H and O–H groups in total. The smallest absolute Gasteiger partial charge is 0.375 e. The SMILES string of the molecule is NCCCCCSCC(F)(F)C(=O)O. The van der Waals surface area contributed by atoms with Crippen molar-refractivity contribution >= 4 is 17.7 Å². The van der Waals surface area contributed by atoms with E-state index in [9.17, 15) is 13.6 Å². The van der Waals surface area contributed by atoms with E-state index in [-0.39, 0.29) is 0 Å². The van der Waals surface area contributed by atoms with Gasteiger partial charge in [-0.25, -0.2) is 4.79 Å². The molecule has 0 saturated heterocycles. The number of aliphatic carboxylic acids is 1. The number of alkyl halides is 2. The molecule has 0 aliphatic carbocycles. The molecule has 0 aromatic heterocycles. The normalized spacial score (nSPS) is 11.6. The third-order valence-corrected chi connectivity index (χ3v) is 2.73. The number of rotatable bonds is 8. The minimum Gasteiger partial charge on any atom is -0.477 e. The van der Waals surface area contributed by atoms with Crippen LogP contribution in [0, 0.1) is 0 Å². The molecule has 0 aliphatic heterocycles. The zero-order chi connectivity index (χ0) is 11.0. The van der Waals surface area contributed by atoms with Crippen LogP contribution in [0.2, 0.25) is 0 Å². The second kappa shape index (κ2) is 7.00. The fourth-order valence-electron chi connectivity index (χ4n) is 0.787. The van der Waals surface area contributed by atoms with Crippen LogP contribution in [0.5, 0.6) is 0 Å². The molecular formula is C8H15F2NO2S. The highest BCUT2D eigenvalue weighted by Crippen LogP contribution is 2.21. The van der Waals surface area contributed by atoms with Crippen molar-refractivity contribution in [2.45, 2.75) is 25.2 Å². The molecule has 6 heteroatoms. The van der Waals surface area contributed by atoms with Crippen molar-refractivity contribution in [3.8, 4) is 0 Å². The van der Waals surface area contributed by atoms with Gasteiger partial charge < -0.3 is 10.8 Å². The average Bonchev–Trinajstić information content (AvgIpc) is 2.10. The van der Waals surface area contributed by atoms with Gasteiger partial charge in [0.05, 0.1) is 5.75 Å². The van der Waals surface area contributed by atoms with E-state index in [1.807, 2.05) is 0 Å². The molecule has 0 aliphatic rings. The summed E-state index contributed by atoms with van der Waals surface area (Å²) in [5, 5.41) is 8.10. The summed E-state index contributed by atoms with van der Waals surface area (Å²) in [6.07, 6.45) is 2.59. The Morgan fingerprint density at radius 3 is 2.50 bits per heavy atom. The minimum absolute atomic E-state index is 0.558. The lowest BCUT2D eigenvalue weighted by Crippen LogP contribution is -2.30. The van der Waals surface area contributed by atoms with Gasteiger partial charge in [-0.1, -0.05) is 6.42 Å². The first-order valence-electron chi connectivity index (χ1n) is 4.39. The minimum atomic E-state index is -3.60. The second-order valence-corrected chi connectivity index (χ2v) is 4.02. The fourth-order valence-corrected chi connectivity index (χ4v) is 1.72. The van der Waals surface area contributed by atoms with Crippen molar-refractivity contribution in [2.24, 2.45) is 5.73 Å². The van der Waals surface area contributed by atoms with Crippen molar-refractivity contribution in [1.29, 1.82) is 0 Å². The first-order valence-corrected chi connectivity index (χ1v) is 5.55. The molecule has 3 nitrogen and oxygen atoms in total.